The Morgan fingerprint density at radius 3 is 2.62 bits per heavy atom. The second kappa shape index (κ2) is 4.18. The van der Waals surface area contributed by atoms with Crippen molar-refractivity contribution in [2.24, 2.45) is 0 Å². The van der Waals surface area contributed by atoms with Crippen LogP contribution >= 0.6 is 0 Å². The molecular formula is C5H8O3. The van der Waals surface area contributed by atoms with E-state index in [2.05, 4.69) is 9.47 Å². The minimum Gasteiger partial charge on any atom is -0.498 e. The van der Waals surface area contributed by atoms with E-state index in [-0.39, 0.29) is 0 Å². The van der Waals surface area contributed by atoms with E-state index in [1.54, 1.807) is 6.92 Å². The number of methoxy groups -OCH3 is 1. The Morgan fingerprint density at radius 1 is 1.62 bits per heavy atom. The van der Waals surface area contributed by atoms with Crippen molar-refractivity contribution in [1.82, 2.24) is 0 Å². The Labute approximate surface area is 47.9 Å². The van der Waals surface area contributed by atoms with Crippen LogP contribution in [0, 0.1) is 0 Å². The molecule has 0 bridgehead atoms. The summed E-state index contributed by atoms with van der Waals surface area (Å²) in [4.78, 5) is 9.50. The maximum Gasteiger partial charge on any atom is 0.298 e. The van der Waals surface area contributed by atoms with Crippen molar-refractivity contribution in [3.05, 3.63) is 12.0 Å². The molecule has 0 aliphatic rings. The van der Waals surface area contributed by atoms with Gasteiger partial charge in [-0.3, -0.25) is 4.79 Å². The van der Waals surface area contributed by atoms with Crippen molar-refractivity contribution in [3.63, 3.8) is 0 Å². The third-order valence-corrected chi connectivity index (χ3v) is 0.612. The lowest BCUT2D eigenvalue weighted by molar-refractivity contribution is -0.124. The van der Waals surface area contributed by atoms with Gasteiger partial charge in [0.15, 0.2) is 0 Å². The summed E-state index contributed by atoms with van der Waals surface area (Å²) in [5.41, 5.74) is 0. The summed E-state index contributed by atoms with van der Waals surface area (Å²) < 4.78 is 8.85. The zero-order valence-corrected chi connectivity index (χ0v) is 4.88. The third-order valence-electron chi connectivity index (χ3n) is 0.612. The van der Waals surface area contributed by atoms with Crippen LogP contribution in [0.5, 0.6) is 0 Å². The number of allylic oxidation sites excluding steroid dienone is 1. The van der Waals surface area contributed by atoms with E-state index < -0.39 is 0 Å². The smallest absolute Gasteiger partial charge is 0.298 e. The molecule has 0 N–H and O–H groups in total. The zero-order valence-electron chi connectivity index (χ0n) is 4.88. The minimum absolute atomic E-state index is 0.336. The summed E-state index contributed by atoms with van der Waals surface area (Å²) in [6.07, 6.45) is 1.23. The largest absolute Gasteiger partial charge is 0.498 e. The quantitative estimate of drug-likeness (QED) is 0.401. The van der Waals surface area contributed by atoms with Gasteiger partial charge in [0, 0.05) is 0 Å². The van der Waals surface area contributed by atoms with E-state index in [1.165, 1.54) is 13.4 Å². The molecule has 0 atom stereocenters. The van der Waals surface area contributed by atoms with Gasteiger partial charge in [-0.1, -0.05) is 0 Å². The van der Waals surface area contributed by atoms with E-state index in [0.29, 0.717) is 12.2 Å². The maximum atomic E-state index is 9.50. The molecule has 0 saturated heterocycles. The van der Waals surface area contributed by atoms with E-state index in [0.717, 1.165) is 0 Å². The Kier molecular flexibility index (Phi) is 3.66. The number of carbonyl (C=O) groups is 1. The summed E-state index contributed by atoms with van der Waals surface area (Å²) in [5, 5.41) is 0. The molecule has 3 nitrogen and oxygen atoms in total. The third kappa shape index (κ3) is 3.21. The fraction of sp³-hybridized carbons (Fsp3) is 0.400. The van der Waals surface area contributed by atoms with E-state index in [9.17, 15) is 4.79 Å². The van der Waals surface area contributed by atoms with Gasteiger partial charge < -0.3 is 9.47 Å². The molecule has 0 aromatic heterocycles. The molecule has 0 heterocycles. The van der Waals surface area contributed by atoms with Crippen molar-refractivity contribution >= 4 is 6.47 Å². The highest BCUT2D eigenvalue weighted by atomic mass is 16.5. The first-order valence-corrected chi connectivity index (χ1v) is 2.11. The number of carbonyl (C=O) groups excluding carboxylic acids is 1. The topological polar surface area (TPSA) is 35.5 Å². The normalized spacial score (nSPS) is 10.5. The fourth-order valence-electron chi connectivity index (χ4n) is 0.172. The number of rotatable bonds is 3. The molecule has 0 fully saturated rings. The van der Waals surface area contributed by atoms with Gasteiger partial charge in [0.25, 0.3) is 6.47 Å². The van der Waals surface area contributed by atoms with Gasteiger partial charge in [-0.15, -0.1) is 0 Å². The van der Waals surface area contributed by atoms with Crippen molar-refractivity contribution in [3.8, 4) is 0 Å². The van der Waals surface area contributed by atoms with Crippen LogP contribution in [0.4, 0.5) is 0 Å². The average molecular weight is 116 g/mol. The van der Waals surface area contributed by atoms with Gasteiger partial charge in [-0.25, -0.2) is 0 Å². The zero-order chi connectivity index (χ0) is 6.41. The van der Waals surface area contributed by atoms with Gasteiger partial charge >= 0.3 is 0 Å². The summed E-state index contributed by atoms with van der Waals surface area (Å²) in [5.74, 6) is 0.567. The molecule has 0 spiro atoms. The highest BCUT2D eigenvalue weighted by molar-refractivity contribution is 5.38. The van der Waals surface area contributed by atoms with Crippen molar-refractivity contribution in [1.29, 1.82) is 0 Å². The van der Waals surface area contributed by atoms with E-state index in [4.69, 9.17) is 0 Å². The molecule has 0 rings (SSSR count). The standard InChI is InChI=1S/C5H8O3/c1-5(7-2)3-8-4-6/h3-4H,1-2H3/b5-3-. The molecule has 0 aliphatic carbocycles. The first-order chi connectivity index (χ1) is 3.81. The average Bonchev–Trinajstić information content (AvgIpc) is 1.83. The minimum atomic E-state index is 0.336. The first kappa shape index (κ1) is 7.01. The molecule has 0 aromatic carbocycles. The number of ether oxygens (including phenoxy) is 2. The predicted octanol–water partition coefficient (Wildman–Crippen LogP) is 0.667. The van der Waals surface area contributed by atoms with Crippen LogP contribution in [0.25, 0.3) is 0 Å². The molecule has 3 heteroatoms. The second-order valence-electron chi connectivity index (χ2n) is 1.16. The summed E-state index contributed by atoms with van der Waals surface area (Å²) in [6.45, 7) is 2.02. The fourth-order valence-corrected chi connectivity index (χ4v) is 0.172. The monoisotopic (exact) mass is 116 g/mol. The van der Waals surface area contributed by atoms with Crippen LogP contribution < -0.4 is 0 Å². The first-order valence-electron chi connectivity index (χ1n) is 2.11. The van der Waals surface area contributed by atoms with E-state index in [1.807, 2.05) is 0 Å². The molecule has 46 valence electrons. The van der Waals surface area contributed by atoms with Crippen LogP contribution in [-0.4, -0.2) is 13.6 Å². The molecule has 0 aliphatic heterocycles. The lowest BCUT2D eigenvalue weighted by atomic mass is 10.6. The molecule has 8 heavy (non-hydrogen) atoms. The molecular weight excluding hydrogens is 108 g/mol. The Bertz CT molecular complexity index is 95.8. The number of hydrogen-bond donors (Lipinski definition) is 0. The van der Waals surface area contributed by atoms with Gasteiger partial charge in [0.2, 0.25) is 0 Å². The predicted molar refractivity (Wildman–Crippen MR) is 27.9 cm³/mol. The summed E-state index contributed by atoms with van der Waals surface area (Å²) >= 11 is 0. The number of hydrogen-bond acceptors (Lipinski definition) is 3. The van der Waals surface area contributed by atoms with Crippen LogP contribution in [0.2, 0.25) is 0 Å². The van der Waals surface area contributed by atoms with Gasteiger partial charge in [0.1, 0.15) is 12.0 Å². The van der Waals surface area contributed by atoms with Crippen LogP contribution in [0.1, 0.15) is 6.92 Å². The lowest BCUT2D eigenvalue weighted by Gasteiger charge is -1.93. The maximum absolute atomic E-state index is 9.50. The van der Waals surface area contributed by atoms with E-state index >= 15 is 0 Å². The van der Waals surface area contributed by atoms with Crippen molar-refractivity contribution in [2.45, 2.75) is 6.92 Å². The SMILES string of the molecule is CO/C(C)=C\OC=O. The Morgan fingerprint density at radius 2 is 2.25 bits per heavy atom. The molecule has 0 radical (unpaired) electrons. The molecule has 0 aromatic rings. The lowest BCUT2D eigenvalue weighted by Crippen LogP contribution is -1.81. The van der Waals surface area contributed by atoms with Gasteiger partial charge in [-0.05, 0) is 6.92 Å². The van der Waals surface area contributed by atoms with Crippen LogP contribution in [0.15, 0.2) is 12.0 Å². The summed E-state index contributed by atoms with van der Waals surface area (Å²) in [6, 6.07) is 0. The molecule has 0 saturated carbocycles. The summed E-state index contributed by atoms with van der Waals surface area (Å²) in [7, 11) is 1.50. The van der Waals surface area contributed by atoms with Crippen molar-refractivity contribution in [2.75, 3.05) is 7.11 Å². The molecule has 0 amide bonds. The highest BCUT2D eigenvalue weighted by Crippen LogP contribution is 1.89. The molecule has 0 unspecified atom stereocenters. The second-order valence-corrected chi connectivity index (χ2v) is 1.16. The van der Waals surface area contributed by atoms with Crippen LogP contribution in [0.3, 0.4) is 0 Å². The van der Waals surface area contributed by atoms with Crippen LogP contribution in [-0.2, 0) is 14.3 Å². The van der Waals surface area contributed by atoms with Gasteiger partial charge in [-0.2, -0.15) is 0 Å². The Hall–Kier alpha value is -0.990. The van der Waals surface area contributed by atoms with Crippen molar-refractivity contribution < 1.29 is 14.3 Å². The van der Waals surface area contributed by atoms with Gasteiger partial charge in [0.05, 0.1) is 7.11 Å². The highest BCUT2D eigenvalue weighted by Gasteiger charge is 1.80. The Balaban J connectivity index is 3.40.